The normalized spacial score (nSPS) is 9.88. The molecule has 0 bridgehead atoms. The van der Waals surface area contributed by atoms with Crippen LogP contribution in [0.1, 0.15) is 13.8 Å². The average molecular weight is 224 g/mol. The highest BCUT2D eigenvalue weighted by Gasteiger charge is 2.10. The molecule has 1 amide bonds. The third-order valence-electron chi connectivity index (χ3n) is 2.25. The summed E-state index contributed by atoms with van der Waals surface area (Å²) in [6.45, 7) is 4.98. The second-order valence-electron chi connectivity index (χ2n) is 3.22. The Morgan fingerprint density at radius 1 is 1.44 bits per heavy atom. The van der Waals surface area contributed by atoms with Crippen molar-refractivity contribution >= 4 is 5.91 Å². The Hall–Kier alpha value is -1.78. The summed E-state index contributed by atoms with van der Waals surface area (Å²) in [5.74, 6) is 0.0521. The second-order valence-corrected chi connectivity index (χ2v) is 3.22. The lowest BCUT2D eigenvalue weighted by Crippen LogP contribution is -2.35. The number of nitrogens with one attached hydrogen (secondary N) is 1. The number of nitrogens with zero attached hydrogens (tertiary/aromatic N) is 1. The Balaban J connectivity index is 2.55. The van der Waals surface area contributed by atoms with Gasteiger partial charge in [-0.15, -0.1) is 0 Å². The van der Waals surface area contributed by atoms with Gasteiger partial charge in [-0.3, -0.25) is 9.59 Å². The number of ether oxygens (including phenoxy) is 1. The maximum Gasteiger partial charge on any atom is 0.290 e. The number of H-pyrrole nitrogens is 1. The van der Waals surface area contributed by atoms with Crippen LogP contribution < -0.4 is 10.3 Å². The molecule has 1 rings (SSSR count). The number of likely N-dealkylation sites (N-methyl/N-ethyl adjacent to an activating group) is 1. The van der Waals surface area contributed by atoms with Crippen molar-refractivity contribution in [3.05, 3.63) is 28.7 Å². The lowest BCUT2D eigenvalue weighted by Gasteiger charge is -2.18. The number of amides is 1. The van der Waals surface area contributed by atoms with Gasteiger partial charge in [0, 0.05) is 19.3 Å². The highest BCUT2D eigenvalue weighted by molar-refractivity contribution is 5.77. The molecule has 16 heavy (non-hydrogen) atoms. The van der Waals surface area contributed by atoms with Crippen molar-refractivity contribution in [3.63, 3.8) is 0 Å². The molecule has 0 aliphatic rings. The third-order valence-corrected chi connectivity index (χ3v) is 2.25. The quantitative estimate of drug-likeness (QED) is 0.797. The first-order valence-corrected chi connectivity index (χ1v) is 5.27. The lowest BCUT2D eigenvalue weighted by atomic mass is 10.4. The molecule has 0 saturated carbocycles. The first-order valence-electron chi connectivity index (χ1n) is 5.27. The van der Waals surface area contributed by atoms with Crippen LogP contribution in [0, 0.1) is 0 Å². The van der Waals surface area contributed by atoms with E-state index in [2.05, 4.69) is 4.98 Å². The van der Waals surface area contributed by atoms with E-state index in [1.807, 2.05) is 13.8 Å². The first kappa shape index (κ1) is 12.3. The van der Waals surface area contributed by atoms with Gasteiger partial charge in [0.05, 0.1) is 0 Å². The SMILES string of the molecule is CCN(CC)C(=O)COc1ccc[nH]c1=O. The average Bonchev–Trinajstić information content (AvgIpc) is 2.29. The summed E-state index contributed by atoms with van der Waals surface area (Å²) in [5.41, 5.74) is -0.324. The van der Waals surface area contributed by atoms with Crippen LogP contribution in [0.4, 0.5) is 0 Å². The zero-order chi connectivity index (χ0) is 12.0. The van der Waals surface area contributed by atoms with Crippen LogP contribution in [0.3, 0.4) is 0 Å². The zero-order valence-electron chi connectivity index (χ0n) is 9.53. The fraction of sp³-hybridized carbons (Fsp3) is 0.455. The van der Waals surface area contributed by atoms with Crippen molar-refractivity contribution in [2.45, 2.75) is 13.8 Å². The lowest BCUT2D eigenvalue weighted by molar-refractivity contribution is -0.132. The molecule has 0 aliphatic carbocycles. The standard InChI is InChI=1S/C11H16N2O3/c1-3-13(4-2)10(14)8-16-9-6-5-7-12-11(9)15/h5-7H,3-4,8H2,1-2H3,(H,12,15). The van der Waals surface area contributed by atoms with E-state index in [1.54, 1.807) is 11.0 Å². The third kappa shape index (κ3) is 3.12. The van der Waals surface area contributed by atoms with E-state index in [-0.39, 0.29) is 23.8 Å². The number of pyridine rings is 1. The smallest absolute Gasteiger partial charge is 0.290 e. The van der Waals surface area contributed by atoms with Crippen molar-refractivity contribution in [1.29, 1.82) is 0 Å². The summed E-state index contributed by atoms with van der Waals surface area (Å²) in [7, 11) is 0. The van der Waals surface area contributed by atoms with Gasteiger partial charge in [0.15, 0.2) is 12.4 Å². The number of hydrogen-bond acceptors (Lipinski definition) is 3. The molecule has 1 aromatic rings. The van der Waals surface area contributed by atoms with Crippen molar-refractivity contribution in [2.24, 2.45) is 0 Å². The second kappa shape index (κ2) is 5.95. The molecule has 0 saturated heterocycles. The largest absolute Gasteiger partial charge is 0.478 e. The molecule has 0 aromatic carbocycles. The van der Waals surface area contributed by atoms with Gasteiger partial charge >= 0.3 is 0 Å². The van der Waals surface area contributed by atoms with E-state index in [9.17, 15) is 9.59 Å². The molecule has 0 radical (unpaired) electrons. The van der Waals surface area contributed by atoms with Gasteiger partial charge in [0.25, 0.3) is 11.5 Å². The molecule has 1 N–H and O–H groups in total. The van der Waals surface area contributed by atoms with E-state index in [0.717, 1.165) is 0 Å². The number of carbonyl (C=O) groups is 1. The number of aromatic nitrogens is 1. The molecule has 88 valence electrons. The van der Waals surface area contributed by atoms with Crippen molar-refractivity contribution in [2.75, 3.05) is 19.7 Å². The Labute approximate surface area is 94.0 Å². The van der Waals surface area contributed by atoms with E-state index in [1.165, 1.54) is 12.3 Å². The van der Waals surface area contributed by atoms with Gasteiger partial charge in [-0.2, -0.15) is 0 Å². The molecule has 0 aliphatic heterocycles. The van der Waals surface area contributed by atoms with Gasteiger partial charge in [-0.25, -0.2) is 0 Å². The molecular formula is C11H16N2O3. The first-order chi connectivity index (χ1) is 7.69. The van der Waals surface area contributed by atoms with Gasteiger partial charge in [0.1, 0.15) is 0 Å². The number of rotatable bonds is 5. The predicted molar refractivity (Wildman–Crippen MR) is 60.5 cm³/mol. The van der Waals surface area contributed by atoms with Crippen molar-refractivity contribution < 1.29 is 9.53 Å². The maximum atomic E-state index is 11.6. The molecule has 5 heteroatoms. The summed E-state index contributed by atoms with van der Waals surface area (Å²) >= 11 is 0. The number of aromatic amines is 1. The Morgan fingerprint density at radius 2 is 2.12 bits per heavy atom. The molecule has 0 unspecified atom stereocenters. The number of hydrogen-bond donors (Lipinski definition) is 1. The summed E-state index contributed by atoms with van der Waals surface area (Å²) < 4.78 is 5.15. The molecule has 5 nitrogen and oxygen atoms in total. The molecule has 0 atom stereocenters. The van der Waals surface area contributed by atoms with Crippen LogP contribution in [-0.2, 0) is 4.79 Å². The molecule has 1 aromatic heterocycles. The van der Waals surface area contributed by atoms with E-state index < -0.39 is 0 Å². The zero-order valence-corrected chi connectivity index (χ0v) is 9.53. The van der Waals surface area contributed by atoms with Crippen LogP contribution in [0.2, 0.25) is 0 Å². The molecule has 0 spiro atoms. The topological polar surface area (TPSA) is 62.4 Å². The summed E-state index contributed by atoms with van der Waals surface area (Å²) in [6, 6.07) is 3.19. The van der Waals surface area contributed by atoms with Gasteiger partial charge < -0.3 is 14.6 Å². The minimum absolute atomic E-state index is 0.102. The van der Waals surface area contributed by atoms with E-state index in [4.69, 9.17) is 4.74 Å². The Morgan fingerprint density at radius 3 is 2.69 bits per heavy atom. The molecular weight excluding hydrogens is 208 g/mol. The predicted octanol–water partition coefficient (Wildman–Crippen LogP) is 0.622. The van der Waals surface area contributed by atoms with Gasteiger partial charge in [0.2, 0.25) is 0 Å². The van der Waals surface area contributed by atoms with E-state index >= 15 is 0 Å². The van der Waals surface area contributed by atoms with Crippen LogP contribution in [0.5, 0.6) is 5.75 Å². The number of carbonyl (C=O) groups excluding carboxylic acids is 1. The molecule has 1 heterocycles. The Kier molecular flexibility index (Phi) is 4.57. The van der Waals surface area contributed by atoms with Crippen molar-refractivity contribution in [1.82, 2.24) is 9.88 Å². The molecule has 0 fully saturated rings. The highest BCUT2D eigenvalue weighted by Crippen LogP contribution is 2.00. The summed E-state index contributed by atoms with van der Waals surface area (Å²) in [4.78, 5) is 26.9. The fourth-order valence-corrected chi connectivity index (χ4v) is 1.33. The van der Waals surface area contributed by atoms with E-state index in [0.29, 0.717) is 13.1 Å². The maximum absolute atomic E-state index is 11.6. The minimum atomic E-state index is -0.324. The van der Waals surface area contributed by atoms with Gasteiger partial charge in [-0.1, -0.05) is 0 Å². The van der Waals surface area contributed by atoms with Crippen molar-refractivity contribution in [3.8, 4) is 5.75 Å². The highest BCUT2D eigenvalue weighted by atomic mass is 16.5. The fourth-order valence-electron chi connectivity index (χ4n) is 1.33. The van der Waals surface area contributed by atoms with Crippen LogP contribution >= 0.6 is 0 Å². The van der Waals surface area contributed by atoms with Crippen LogP contribution in [0.25, 0.3) is 0 Å². The van der Waals surface area contributed by atoms with Crippen LogP contribution in [-0.4, -0.2) is 35.5 Å². The van der Waals surface area contributed by atoms with Gasteiger partial charge in [-0.05, 0) is 26.0 Å². The summed E-state index contributed by atoms with van der Waals surface area (Å²) in [5, 5.41) is 0. The minimum Gasteiger partial charge on any atom is -0.478 e. The summed E-state index contributed by atoms with van der Waals surface area (Å²) in [6.07, 6.45) is 1.52. The Bertz CT molecular complexity index is 396. The van der Waals surface area contributed by atoms with Crippen LogP contribution in [0.15, 0.2) is 23.1 Å². The monoisotopic (exact) mass is 224 g/mol.